The zero-order valence-electron chi connectivity index (χ0n) is 18.0. The number of allylic oxidation sites excluding steroid dienone is 4. The van der Waals surface area contributed by atoms with Gasteiger partial charge in [0.1, 0.15) is 0 Å². The van der Waals surface area contributed by atoms with E-state index in [1.54, 1.807) is 0 Å². The molecule has 0 atom stereocenters. The van der Waals surface area contributed by atoms with Crippen molar-refractivity contribution >= 4 is 0 Å². The largest absolute Gasteiger partial charge is 0.384 e. The lowest BCUT2D eigenvalue weighted by molar-refractivity contribution is 0.234. The van der Waals surface area contributed by atoms with E-state index in [0.29, 0.717) is 0 Å². The zero-order chi connectivity index (χ0) is 21.3. The molecule has 156 valence electrons. The lowest BCUT2D eigenvalue weighted by atomic mass is 9.82. The van der Waals surface area contributed by atoms with E-state index in [1.165, 1.54) is 22.3 Å². The van der Waals surface area contributed by atoms with Gasteiger partial charge >= 0.3 is 0 Å². The van der Waals surface area contributed by atoms with Crippen LogP contribution in [0.25, 0.3) is 0 Å². The Labute approximate surface area is 186 Å². The molecular formula is C30H30O. The highest BCUT2D eigenvalue weighted by atomic mass is 16.3. The third-order valence-electron chi connectivity index (χ3n) is 5.92. The average Bonchev–Trinajstić information content (AvgIpc) is 2.83. The molecule has 0 amide bonds. The molecular weight excluding hydrogens is 376 g/mol. The van der Waals surface area contributed by atoms with Gasteiger partial charge in [-0.3, -0.25) is 0 Å². The zero-order valence-corrected chi connectivity index (χ0v) is 18.0. The molecule has 0 bridgehead atoms. The summed E-state index contributed by atoms with van der Waals surface area (Å²) in [6, 6.07) is 31.5. The second-order valence-corrected chi connectivity index (χ2v) is 8.25. The Bertz CT molecular complexity index is 980. The summed E-state index contributed by atoms with van der Waals surface area (Å²) in [4.78, 5) is 0. The molecule has 1 heteroatoms. The predicted octanol–water partition coefficient (Wildman–Crippen LogP) is 6.65. The summed E-state index contributed by atoms with van der Waals surface area (Å²) in [6.45, 7) is 0. The Morgan fingerprint density at radius 1 is 0.548 bits per heavy atom. The molecule has 0 aromatic heterocycles. The average molecular weight is 407 g/mol. The Kier molecular flexibility index (Phi) is 7.31. The first-order valence-corrected chi connectivity index (χ1v) is 11.1. The van der Waals surface area contributed by atoms with E-state index in [0.717, 1.165) is 43.3 Å². The third-order valence-corrected chi connectivity index (χ3v) is 5.92. The molecule has 31 heavy (non-hydrogen) atoms. The summed E-state index contributed by atoms with van der Waals surface area (Å²) < 4.78 is 0. The number of hydrogen-bond acceptors (Lipinski definition) is 1. The first kappa shape index (κ1) is 21.1. The van der Waals surface area contributed by atoms with Crippen LogP contribution in [0.1, 0.15) is 29.5 Å². The summed E-state index contributed by atoms with van der Waals surface area (Å²) in [6.07, 6.45) is 10.7. The van der Waals surface area contributed by atoms with Gasteiger partial charge in [0.2, 0.25) is 0 Å². The fourth-order valence-electron chi connectivity index (χ4n) is 4.13. The van der Waals surface area contributed by atoms with Crippen LogP contribution >= 0.6 is 0 Å². The van der Waals surface area contributed by atoms with Crippen LogP contribution in [0.2, 0.25) is 0 Å². The van der Waals surface area contributed by atoms with Gasteiger partial charge < -0.3 is 5.11 Å². The lowest BCUT2D eigenvalue weighted by Gasteiger charge is -2.27. The van der Waals surface area contributed by atoms with Crippen LogP contribution < -0.4 is 0 Å². The van der Waals surface area contributed by atoms with Crippen molar-refractivity contribution < 1.29 is 5.11 Å². The standard InChI is InChI=1S/C30H30O/c31-30-28(20-18-25-12-6-2-7-13-25)22-27(17-16-24-10-4-1-5-11-24)23-29(30)21-19-26-14-8-3-9-15-26/h1-15,17,20-21,30-31H,16,18-19,22-23H2. The monoisotopic (exact) mass is 406 g/mol. The van der Waals surface area contributed by atoms with Gasteiger partial charge in [-0.25, -0.2) is 0 Å². The molecule has 0 heterocycles. The molecule has 0 unspecified atom stereocenters. The van der Waals surface area contributed by atoms with Crippen molar-refractivity contribution in [1.82, 2.24) is 0 Å². The number of rotatable bonds is 6. The highest BCUT2D eigenvalue weighted by molar-refractivity contribution is 5.39. The van der Waals surface area contributed by atoms with Crippen molar-refractivity contribution in [2.45, 2.75) is 38.2 Å². The van der Waals surface area contributed by atoms with Crippen molar-refractivity contribution in [1.29, 1.82) is 0 Å². The molecule has 1 aliphatic rings. The molecule has 1 nitrogen and oxygen atoms in total. The molecule has 1 fully saturated rings. The third kappa shape index (κ3) is 6.16. The van der Waals surface area contributed by atoms with E-state index in [1.807, 2.05) is 12.1 Å². The van der Waals surface area contributed by atoms with Crippen molar-refractivity contribution in [2.24, 2.45) is 0 Å². The Hall–Kier alpha value is -3.16. The molecule has 0 radical (unpaired) electrons. The van der Waals surface area contributed by atoms with Gasteiger partial charge in [0.25, 0.3) is 0 Å². The van der Waals surface area contributed by atoms with Crippen LogP contribution in [0.5, 0.6) is 0 Å². The molecule has 0 spiro atoms. The minimum atomic E-state index is -0.485. The van der Waals surface area contributed by atoms with Gasteiger partial charge in [-0.05, 0) is 59.9 Å². The maximum atomic E-state index is 11.1. The Morgan fingerprint density at radius 2 is 0.903 bits per heavy atom. The predicted molar refractivity (Wildman–Crippen MR) is 130 cm³/mol. The lowest BCUT2D eigenvalue weighted by Crippen LogP contribution is -2.21. The Morgan fingerprint density at radius 3 is 1.29 bits per heavy atom. The quantitative estimate of drug-likeness (QED) is 0.455. The molecule has 0 aliphatic heterocycles. The van der Waals surface area contributed by atoms with E-state index < -0.39 is 6.10 Å². The number of aliphatic hydroxyl groups excluding tert-OH is 1. The summed E-state index contributed by atoms with van der Waals surface area (Å²) in [7, 11) is 0. The molecule has 0 saturated heterocycles. The summed E-state index contributed by atoms with van der Waals surface area (Å²) >= 11 is 0. The molecule has 1 N–H and O–H groups in total. The highest BCUT2D eigenvalue weighted by Gasteiger charge is 2.23. The SMILES string of the molecule is OC1C(=CCc2ccccc2)CC(=CCc2ccccc2)CC1=CCc1ccccc1. The van der Waals surface area contributed by atoms with Gasteiger partial charge in [0.15, 0.2) is 0 Å². The van der Waals surface area contributed by atoms with Crippen LogP contribution in [0.3, 0.4) is 0 Å². The van der Waals surface area contributed by atoms with E-state index >= 15 is 0 Å². The summed E-state index contributed by atoms with van der Waals surface area (Å²) in [5, 5.41) is 11.1. The first-order valence-electron chi connectivity index (χ1n) is 11.1. The highest BCUT2D eigenvalue weighted by Crippen LogP contribution is 2.33. The minimum Gasteiger partial charge on any atom is -0.384 e. The van der Waals surface area contributed by atoms with Gasteiger partial charge in [-0.2, -0.15) is 0 Å². The van der Waals surface area contributed by atoms with Crippen molar-refractivity contribution in [3.63, 3.8) is 0 Å². The normalized spacial score (nSPS) is 19.0. The van der Waals surface area contributed by atoms with Crippen molar-refractivity contribution in [3.05, 3.63) is 143 Å². The van der Waals surface area contributed by atoms with Gasteiger partial charge in [-0.1, -0.05) is 115 Å². The van der Waals surface area contributed by atoms with E-state index in [9.17, 15) is 5.11 Å². The van der Waals surface area contributed by atoms with E-state index in [2.05, 4.69) is 97.1 Å². The smallest absolute Gasteiger partial charge is 0.0967 e. The fourth-order valence-corrected chi connectivity index (χ4v) is 4.13. The van der Waals surface area contributed by atoms with Crippen LogP contribution in [-0.2, 0) is 19.3 Å². The molecule has 1 saturated carbocycles. The topological polar surface area (TPSA) is 20.2 Å². The first-order chi connectivity index (χ1) is 15.3. The van der Waals surface area contributed by atoms with Crippen LogP contribution in [-0.4, -0.2) is 11.2 Å². The maximum Gasteiger partial charge on any atom is 0.0967 e. The minimum absolute atomic E-state index is 0.485. The van der Waals surface area contributed by atoms with E-state index in [-0.39, 0.29) is 0 Å². The van der Waals surface area contributed by atoms with Gasteiger partial charge in [0.05, 0.1) is 6.10 Å². The second-order valence-electron chi connectivity index (χ2n) is 8.25. The van der Waals surface area contributed by atoms with Crippen LogP contribution in [0.15, 0.2) is 126 Å². The molecule has 4 rings (SSSR count). The summed E-state index contributed by atoms with van der Waals surface area (Å²) in [5.74, 6) is 0. The number of hydrogen-bond donors (Lipinski definition) is 1. The second kappa shape index (κ2) is 10.7. The maximum absolute atomic E-state index is 11.1. The number of aliphatic hydroxyl groups is 1. The molecule has 3 aromatic rings. The van der Waals surface area contributed by atoms with Crippen LogP contribution in [0, 0.1) is 0 Å². The van der Waals surface area contributed by atoms with Crippen LogP contribution in [0.4, 0.5) is 0 Å². The van der Waals surface area contributed by atoms with Gasteiger partial charge in [0, 0.05) is 0 Å². The van der Waals surface area contributed by atoms with Crippen molar-refractivity contribution in [3.8, 4) is 0 Å². The molecule has 1 aliphatic carbocycles. The number of benzene rings is 3. The molecule has 3 aromatic carbocycles. The van der Waals surface area contributed by atoms with E-state index in [4.69, 9.17) is 0 Å². The Balaban J connectivity index is 1.56. The van der Waals surface area contributed by atoms with Gasteiger partial charge in [-0.15, -0.1) is 0 Å². The van der Waals surface area contributed by atoms with Crippen molar-refractivity contribution in [2.75, 3.05) is 0 Å². The summed E-state index contributed by atoms with van der Waals surface area (Å²) in [5.41, 5.74) is 7.51. The fraction of sp³-hybridized carbons (Fsp3) is 0.200.